The first-order chi connectivity index (χ1) is 7.69. The smallest absolute Gasteiger partial charge is 0.123 e. The quantitative estimate of drug-likeness (QED) is 0.746. The summed E-state index contributed by atoms with van der Waals surface area (Å²) in [4.78, 5) is 4.21. The Morgan fingerprint density at radius 3 is 2.50 bits per heavy atom. The Labute approximate surface area is 101 Å². The molecular weight excluding hydrogens is 220 g/mol. The third-order valence-corrected chi connectivity index (χ3v) is 2.79. The zero-order valence-corrected chi connectivity index (χ0v) is 10.3. The van der Waals surface area contributed by atoms with Gasteiger partial charge in [0.05, 0.1) is 5.88 Å². The van der Waals surface area contributed by atoms with E-state index in [1.54, 1.807) is 6.20 Å². The minimum Gasteiger partial charge on any atom is -0.330 e. The Kier molecular flexibility index (Phi) is 3.30. The fraction of sp³-hybridized carbons (Fsp3) is 0.308. The predicted octanol–water partition coefficient (Wildman–Crippen LogP) is 3.29. The van der Waals surface area contributed by atoms with E-state index >= 15 is 0 Å². The molecule has 0 radical (unpaired) electrons. The highest BCUT2D eigenvalue weighted by molar-refractivity contribution is 6.16. The summed E-state index contributed by atoms with van der Waals surface area (Å²) in [6.07, 6.45) is 3.76. The molecule has 2 rings (SSSR count). The number of rotatable bonds is 3. The second kappa shape index (κ2) is 4.71. The summed E-state index contributed by atoms with van der Waals surface area (Å²) in [5.74, 6) is 1.37. The second-order valence-electron chi connectivity index (χ2n) is 4.10. The fourth-order valence-corrected chi connectivity index (χ4v) is 2.19. The van der Waals surface area contributed by atoms with Crippen LogP contribution < -0.4 is 0 Å². The van der Waals surface area contributed by atoms with Gasteiger partial charge in [-0.05, 0) is 19.4 Å². The van der Waals surface area contributed by atoms with Crippen molar-refractivity contribution in [3.63, 3.8) is 0 Å². The first-order valence-corrected chi connectivity index (χ1v) is 5.85. The fourth-order valence-electron chi connectivity index (χ4n) is 1.97. The van der Waals surface area contributed by atoms with Gasteiger partial charge in [-0.2, -0.15) is 0 Å². The van der Waals surface area contributed by atoms with Gasteiger partial charge in [0.25, 0.3) is 0 Å². The summed E-state index contributed by atoms with van der Waals surface area (Å²) in [7, 11) is 0. The maximum atomic E-state index is 5.82. The average Bonchev–Trinajstić information content (AvgIpc) is 2.63. The van der Waals surface area contributed by atoms with Crippen LogP contribution in [0.1, 0.15) is 22.5 Å². The molecule has 0 aliphatic heterocycles. The molecule has 2 aromatic rings. The largest absolute Gasteiger partial charge is 0.330 e. The molecule has 0 saturated carbocycles. The van der Waals surface area contributed by atoms with Crippen molar-refractivity contribution in [1.29, 1.82) is 0 Å². The molecule has 0 fully saturated rings. The topological polar surface area (TPSA) is 17.8 Å². The average molecular weight is 235 g/mol. The van der Waals surface area contributed by atoms with Gasteiger partial charge in [-0.3, -0.25) is 0 Å². The van der Waals surface area contributed by atoms with Crippen molar-refractivity contribution in [2.24, 2.45) is 0 Å². The zero-order chi connectivity index (χ0) is 11.5. The lowest BCUT2D eigenvalue weighted by atomic mass is 10.1. The number of hydrogen-bond acceptors (Lipinski definition) is 1. The molecule has 0 N–H and O–H groups in total. The Balaban J connectivity index is 2.26. The van der Waals surface area contributed by atoms with Crippen LogP contribution in [0, 0.1) is 13.8 Å². The molecular formula is C13H15ClN2. The van der Waals surface area contributed by atoms with E-state index in [9.17, 15) is 0 Å². The van der Waals surface area contributed by atoms with Crippen molar-refractivity contribution in [2.75, 3.05) is 0 Å². The molecule has 0 amide bonds. The Bertz CT molecular complexity index is 468. The first kappa shape index (κ1) is 11.2. The molecule has 16 heavy (non-hydrogen) atoms. The van der Waals surface area contributed by atoms with Crippen molar-refractivity contribution in [2.45, 2.75) is 26.3 Å². The van der Waals surface area contributed by atoms with Crippen LogP contribution in [0.15, 0.2) is 30.6 Å². The van der Waals surface area contributed by atoms with Crippen LogP contribution in [0.4, 0.5) is 0 Å². The highest BCUT2D eigenvalue weighted by Crippen LogP contribution is 2.12. The third-order valence-electron chi connectivity index (χ3n) is 2.56. The van der Waals surface area contributed by atoms with Gasteiger partial charge in [-0.1, -0.05) is 29.3 Å². The molecule has 0 aliphatic rings. The predicted molar refractivity (Wildman–Crippen MR) is 66.8 cm³/mol. The van der Waals surface area contributed by atoms with Crippen molar-refractivity contribution >= 4 is 11.6 Å². The molecule has 3 heteroatoms. The van der Waals surface area contributed by atoms with Crippen LogP contribution >= 0.6 is 11.6 Å². The van der Waals surface area contributed by atoms with Crippen LogP contribution in [0.2, 0.25) is 0 Å². The SMILES string of the molecule is Cc1cc(C)cc(Cn2ccnc2CCl)c1. The number of imidazole rings is 1. The second-order valence-corrected chi connectivity index (χ2v) is 4.37. The highest BCUT2D eigenvalue weighted by Gasteiger charge is 2.02. The Hall–Kier alpha value is -1.28. The lowest BCUT2D eigenvalue weighted by Crippen LogP contribution is -2.03. The molecule has 0 bridgehead atoms. The molecule has 0 atom stereocenters. The van der Waals surface area contributed by atoms with E-state index in [4.69, 9.17) is 11.6 Å². The number of hydrogen-bond donors (Lipinski definition) is 0. The van der Waals surface area contributed by atoms with Crippen LogP contribution in [0.3, 0.4) is 0 Å². The number of aryl methyl sites for hydroxylation is 2. The minimum atomic E-state index is 0.456. The molecule has 0 saturated heterocycles. The van der Waals surface area contributed by atoms with E-state index < -0.39 is 0 Å². The molecule has 0 spiro atoms. The molecule has 1 heterocycles. The highest BCUT2D eigenvalue weighted by atomic mass is 35.5. The van der Waals surface area contributed by atoms with Gasteiger partial charge in [0, 0.05) is 18.9 Å². The lowest BCUT2D eigenvalue weighted by molar-refractivity contribution is 0.754. The molecule has 2 nitrogen and oxygen atoms in total. The van der Waals surface area contributed by atoms with Gasteiger partial charge in [0.2, 0.25) is 0 Å². The van der Waals surface area contributed by atoms with Gasteiger partial charge in [0.1, 0.15) is 5.82 Å². The summed E-state index contributed by atoms with van der Waals surface area (Å²) in [6, 6.07) is 6.58. The molecule has 0 aliphatic carbocycles. The van der Waals surface area contributed by atoms with Crippen LogP contribution in [0.25, 0.3) is 0 Å². The summed E-state index contributed by atoms with van der Waals surface area (Å²) < 4.78 is 2.08. The van der Waals surface area contributed by atoms with Gasteiger partial charge in [0.15, 0.2) is 0 Å². The van der Waals surface area contributed by atoms with E-state index in [-0.39, 0.29) is 0 Å². The Morgan fingerprint density at radius 1 is 1.19 bits per heavy atom. The van der Waals surface area contributed by atoms with E-state index in [1.165, 1.54) is 16.7 Å². The van der Waals surface area contributed by atoms with Crippen molar-refractivity contribution in [3.05, 3.63) is 53.1 Å². The van der Waals surface area contributed by atoms with Crippen LogP contribution in [-0.2, 0) is 12.4 Å². The summed E-state index contributed by atoms with van der Waals surface area (Å²) >= 11 is 5.82. The van der Waals surface area contributed by atoms with Crippen LogP contribution in [0.5, 0.6) is 0 Å². The van der Waals surface area contributed by atoms with E-state index in [1.807, 2.05) is 6.20 Å². The molecule has 1 aromatic heterocycles. The third kappa shape index (κ3) is 2.45. The van der Waals surface area contributed by atoms with E-state index in [0.29, 0.717) is 5.88 Å². The maximum absolute atomic E-state index is 5.82. The van der Waals surface area contributed by atoms with Crippen molar-refractivity contribution < 1.29 is 0 Å². The first-order valence-electron chi connectivity index (χ1n) is 5.32. The summed E-state index contributed by atoms with van der Waals surface area (Å²) in [6.45, 7) is 5.07. The molecule has 84 valence electrons. The van der Waals surface area contributed by atoms with Gasteiger partial charge < -0.3 is 4.57 Å². The van der Waals surface area contributed by atoms with Gasteiger partial charge in [-0.15, -0.1) is 11.6 Å². The minimum absolute atomic E-state index is 0.456. The molecule has 1 aromatic carbocycles. The monoisotopic (exact) mass is 234 g/mol. The number of aromatic nitrogens is 2. The van der Waals surface area contributed by atoms with Gasteiger partial charge >= 0.3 is 0 Å². The standard InChI is InChI=1S/C13H15ClN2/c1-10-5-11(2)7-12(6-10)9-16-4-3-15-13(16)8-14/h3-7H,8-9H2,1-2H3. The van der Waals surface area contributed by atoms with Crippen molar-refractivity contribution in [1.82, 2.24) is 9.55 Å². The summed E-state index contributed by atoms with van der Waals surface area (Å²) in [5, 5.41) is 0. The van der Waals surface area contributed by atoms with E-state index in [0.717, 1.165) is 12.4 Å². The lowest BCUT2D eigenvalue weighted by Gasteiger charge is -2.08. The number of alkyl halides is 1. The van der Waals surface area contributed by atoms with E-state index in [2.05, 4.69) is 41.6 Å². The Morgan fingerprint density at radius 2 is 1.88 bits per heavy atom. The normalized spacial score (nSPS) is 10.7. The molecule has 0 unspecified atom stereocenters. The van der Waals surface area contributed by atoms with Crippen LogP contribution in [-0.4, -0.2) is 9.55 Å². The number of nitrogens with zero attached hydrogens (tertiary/aromatic N) is 2. The van der Waals surface area contributed by atoms with Gasteiger partial charge in [-0.25, -0.2) is 4.98 Å². The number of halogens is 1. The zero-order valence-electron chi connectivity index (χ0n) is 9.57. The summed E-state index contributed by atoms with van der Waals surface area (Å²) in [5.41, 5.74) is 3.88. The maximum Gasteiger partial charge on any atom is 0.123 e. The number of benzene rings is 1. The van der Waals surface area contributed by atoms with Crippen molar-refractivity contribution in [3.8, 4) is 0 Å².